The Labute approximate surface area is 406 Å². The Hall–Kier alpha value is -0.950. The first kappa shape index (κ1) is 64.0. The topological polar surface area (TPSA) is 110 Å². The van der Waals surface area contributed by atoms with E-state index in [-0.39, 0.29) is 0 Å². The van der Waals surface area contributed by atoms with Crippen LogP contribution in [0.4, 0.5) is 0 Å². The SMILES string of the molecule is CCCCCCCCCCCCCCCCCCCCCCCCCC/C=C/CCCC(O)C(O)C(CO)NC(=O)C(O)CCCCCCCCCCCCCCCCCCCCCC. The molecule has 0 saturated heterocycles. The first-order valence-electron chi connectivity index (χ1n) is 29.6. The van der Waals surface area contributed by atoms with Crippen molar-refractivity contribution in [2.75, 3.05) is 6.61 Å². The molecule has 0 aromatic carbocycles. The van der Waals surface area contributed by atoms with Crippen LogP contribution in [0.1, 0.15) is 328 Å². The fourth-order valence-corrected chi connectivity index (χ4v) is 9.59. The monoisotopic (exact) mass is 920 g/mol. The number of amides is 1. The molecule has 0 rings (SSSR count). The van der Waals surface area contributed by atoms with Crippen LogP contribution in [0.2, 0.25) is 0 Å². The molecule has 0 aliphatic heterocycles. The van der Waals surface area contributed by atoms with Gasteiger partial charge in [-0.3, -0.25) is 4.79 Å². The molecule has 0 heterocycles. The van der Waals surface area contributed by atoms with E-state index in [2.05, 4.69) is 31.3 Å². The van der Waals surface area contributed by atoms with Crippen LogP contribution in [-0.4, -0.2) is 57.3 Å². The minimum atomic E-state index is -1.28. The highest BCUT2D eigenvalue weighted by Crippen LogP contribution is 2.18. The molecule has 0 aromatic rings. The van der Waals surface area contributed by atoms with Gasteiger partial charge in [-0.25, -0.2) is 0 Å². The average Bonchev–Trinajstić information content (AvgIpc) is 3.31. The number of aliphatic hydroxyl groups is 4. The molecule has 0 aliphatic carbocycles. The second-order valence-corrected chi connectivity index (χ2v) is 20.7. The second-order valence-electron chi connectivity index (χ2n) is 20.7. The van der Waals surface area contributed by atoms with Crippen LogP contribution in [0.25, 0.3) is 0 Å². The minimum absolute atomic E-state index is 0.369. The summed E-state index contributed by atoms with van der Waals surface area (Å²) in [6, 6.07) is -0.999. The summed E-state index contributed by atoms with van der Waals surface area (Å²) in [7, 11) is 0. The van der Waals surface area contributed by atoms with E-state index in [0.29, 0.717) is 12.8 Å². The van der Waals surface area contributed by atoms with Crippen LogP contribution in [0, 0.1) is 0 Å². The Balaban J connectivity index is 3.60. The quantitative estimate of drug-likeness (QED) is 0.0308. The van der Waals surface area contributed by atoms with E-state index in [1.165, 1.54) is 263 Å². The number of hydrogen-bond donors (Lipinski definition) is 5. The molecule has 6 heteroatoms. The maximum atomic E-state index is 12.6. The van der Waals surface area contributed by atoms with Crippen molar-refractivity contribution in [3.05, 3.63) is 12.2 Å². The normalized spacial score (nSPS) is 13.8. The van der Waals surface area contributed by atoms with Gasteiger partial charge in [0, 0.05) is 0 Å². The third-order valence-electron chi connectivity index (χ3n) is 14.2. The fraction of sp³-hybridized carbons (Fsp3) is 0.949. The standard InChI is InChI=1S/C59H117NO5/c1-3-5-7-9-11-13-15-17-19-21-23-25-26-27-28-29-30-31-32-33-35-36-38-40-42-44-46-48-50-52-56(62)58(64)55(54-61)60-59(65)57(63)53-51-49-47-45-43-41-39-37-34-24-22-20-18-16-14-12-10-8-6-4-2/h44,46,55-58,61-64H,3-43,45,47-54H2,1-2H3,(H,60,65)/b46-44+. The predicted octanol–water partition coefficient (Wildman–Crippen LogP) is 17.3. The van der Waals surface area contributed by atoms with Gasteiger partial charge in [-0.15, -0.1) is 0 Å². The highest BCUT2D eigenvalue weighted by Gasteiger charge is 2.28. The maximum Gasteiger partial charge on any atom is 0.249 e. The van der Waals surface area contributed by atoms with Gasteiger partial charge in [0.2, 0.25) is 5.91 Å². The number of allylic oxidation sites excluding steroid dienone is 2. The zero-order valence-electron chi connectivity index (χ0n) is 44.0. The largest absolute Gasteiger partial charge is 0.394 e. The zero-order valence-corrected chi connectivity index (χ0v) is 44.0. The summed E-state index contributed by atoms with van der Waals surface area (Å²) in [6.07, 6.45) is 64.4. The van der Waals surface area contributed by atoms with Gasteiger partial charge in [0.25, 0.3) is 0 Å². The summed E-state index contributed by atoms with van der Waals surface area (Å²) in [5, 5.41) is 44.0. The fourth-order valence-electron chi connectivity index (χ4n) is 9.59. The lowest BCUT2D eigenvalue weighted by molar-refractivity contribution is -0.132. The van der Waals surface area contributed by atoms with Crippen molar-refractivity contribution >= 4 is 5.91 Å². The number of carbonyl (C=O) groups excluding carboxylic acids is 1. The first-order valence-corrected chi connectivity index (χ1v) is 29.6. The molecule has 6 nitrogen and oxygen atoms in total. The Morgan fingerprint density at radius 3 is 0.923 bits per heavy atom. The summed E-state index contributed by atoms with van der Waals surface area (Å²) < 4.78 is 0. The van der Waals surface area contributed by atoms with E-state index < -0.39 is 36.9 Å². The highest BCUT2D eigenvalue weighted by molar-refractivity contribution is 5.80. The Bertz CT molecular complexity index is 944. The molecule has 0 spiro atoms. The Kier molecular flexibility index (Phi) is 53.2. The van der Waals surface area contributed by atoms with Gasteiger partial charge in [0.15, 0.2) is 0 Å². The van der Waals surface area contributed by atoms with E-state index in [4.69, 9.17) is 0 Å². The van der Waals surface area contributed by atoms with Gasteiger partial charge < -0.3 is 25.7 Å². The van der Waals surface area contributed by atoms with Gasteiger partial charge in [-0.1, -0.05) is 302 Å². The third-order valence-corrected chi connectivity index (χ3v) is 14.2. The lowest BCUT2D eigenvalue weighted by atomic mass is 10.00. The summed E-state index contributed by atoms with van der Waals surface area (Å²) in [6.45, 7) is 4.09. The molecular weight excluding hydrogens is 803 g/mol. The lowest BCUT2D eigenvalue weighted by Crippen LogP contribution is -2.53. The molecule has 0 saturated carbocycles. The van der Waals surface area contributed by atoms with Crippen molar-refractivity contribution in [3.8, 4) is 0 Å². The van der Waals surface area contributed by atoms with Gasteiger partial charge >= 0.3 is 0 Å². The Morgan fingerprint density at radius 1 is 0.369 bits per heavy atom. The average molecular weight is 921 g/mol. The third kappa shape index (κ3) is 47.9. The van der Waals surface area contributed by atoms with Crippen LogP contribution in [-0.2, 0) is 4.79 Å². The molecule has 1 amide bonds. The molecule has 0 radical (unpaired) electrons. The van der Waals surface area contributed by atoms with Crippen LogP contribution in [0.5, 0.6) is 0 Å². The van der Waals surface area contributed by atoms with Crippen molar-refractivity contribution in [3.63, 3.8) is 0 Å². The van der Waals surface area contributed by atoms with Crippen molar-refractivity contribution in [1.82, 2.24) is 5.32 Å². The van der Waals surface area contributed by atoms with Gasteiger partial charge in [0.1, 0.15) is 12.2 Å². The number of nitrogens with one attached hydrogen (secondary N) is 1. The summed E-state index contributed by atoms with van der Waals surface area (Å²) >= 11 is 0. The molecule has 0 bridgehead atoms. The minimum Gasteiger partial charge on any atom is -0.394 e. The van der Waals surface area contributed by atoms with Crippen molar-refractivity contribution < 1.29 is 25.2 Å². The van der Waals surface area contributed by atoms with E-state index in [9.17, 15) is 25.2 Å². The molecule has 4 atom stereocenters. The number of unbranched alkanes of at least 4 members (excludes halogenated alkanes) is 44. The number of rotatable bonds is 55. The molecule has 0 aliphatic rings. The van der Waals surface area contributed by atoms with E-state index >= 15 is 0 Å². The number of carbonyl (C=O) groups is 1. The first-order chi connectivity index (χ1) is 32.0. The van der Waals surface area contributed by atoms with Gasteiger partial charge in [-0.2, -0.15) is 0 Å². The molecule has 0 fully saturated rings. The highest BCUT2D eigenvalue weighted by atomic mass is 16.3. The predicted molar refractivity (Wildman–Crippen MR) is 284 cm³/mol. The molecule has 4 unspecified atom stereocenters. The van der Waals surface area contributed by atoms with E-state index in [1.54, 1.807) is 0 Å². The van der Waals surface area contributed by atoms with Crippen LogP contribution in [0.3, 0.4) is 0 Å². The summed E-state index contributed by atoms with van der Waals surface area (Å²) in [4.78, 5) is 12.6. The van der Waals surface area contributed by atoms with Crippen LogP contribution >= 0.6 is 0 Å². The lowest BCUT2D eigenvalue weighted by Gasteiger charge is -2.27. The van der Waals surface area contributed by atoms with Crippen molar-refractivity contribution in [2.45, 2.75) is 353 Å². The van der Waals surface area contributed by atoms with Crippen molar-refractivity contribution in [2.24, 2.45) is 0 Å². The molecule has 65 heavy (non-hydrogen) atoms. The molecule has 0 aromatic heterocycles. The van der Waals surface area contributed by atoms with E-state index in [0.717, 1.165) is 38.5 Å². The Morgan fingerprint density at radius 2 is 0.631 bits per heavy atom. The van der Waals surface area contributed by atoms with E-state index in [1.807, 2.05) is 0 Å². The van der Waals surface area contributed by atoms with Gasteiger partial charge in [0.05, 0.1) is 18.8 Å². The second kappa shape index (κ2) is 54.0. The maximum absolute atomic E-state index is 12.6. The molecular formula is C59H117NO5. The smallest absolute Gasteiger partial charge is 0.249 e. The van der Waals surface area contributed by atoms with Gasteiger partial charge in [-0.05, 0) is 38.5 Å². The van der Waals surface area contributed by atoms with Crippen molar-refractivity contribution in [1.29, 1.82) is 0 Å². The number of hydrogen-bond acceptors (Lipinski definition) is 5. The summed E-state index contributed by atoms with van der Waals surface area (Å²) in [5.74, 6) is -0.586. The molecule has 388 valence electrons. The zero-order chi connectivity index (χ0) is 47.4. The van der Waals surface area contributed by atoms with Crippen LogP contribution < -0.4 is 5.32 Å². The number of aliphatic hydroxyl groups excluding tert-OH is 4. The summed E-state index contributed by atoms with van der Waals surface area (Å²) in [5.41, 5.74) is 0. The molecule has 5 N–H and O–H groups in total. The van der Waals surface area contributed by atoms with Crippen LogP contribution in [0.15, 0.2) is 12.2 Å².